The molecule has 1 fully saturated rings. The van der Waals surface area contributed by atoms with Crippen LogP contribution in [0.4, 0.5) is 5.13 Å². The van der Waals surface area contributed by atoms with Crippen molar-refractivity contribution in [3.63, 3.8) is 0 Å². The van der Waals surface area contributed by atoms with Crippen molar-refractivity contribution in [2.24, 2.45) is 0 Å². The Kier molecular flexibility index (Phi) is 4.59. The lowest BCUT2D eigenvalue weighted by Gasteiger charge is -2.34. The van der Waals surface area contributed by atoms with Gasteiger partial charge in [-0.15, -0.1) is 21.5 Å². The van der Waals surface area contributed by atoms with Gasteiger partial charge in [-0.25, -0.2) is 0 Å². The molecule has 0 radical (unpaired) electrons. The number of rotatable bonds is 4. The average Bonchev–Trinajstić information content (AvgIpc) is 3.19. The number of thiophene rings is 1. The molecule has 1 amide bonds. The van der Waals surface area contributed by atoms with Crippen molar-refractivity contribution in [2.45, 2.75) is 57.3 Å². The summed E-state index contributed by atoms with van der Waals surface area (Å²) in [5, 5.41) is 14.9. The van der Waals surface area contributed by atoms with E-state index in [1.807, 2.05) is 6.07 Å². The standard InChI is InChI=1S/C16H21N3OS2/c1-11(2)13-18-19-15(22-13)17-14(20)16(8-4-3-5-9-16)12-7-6-10-21-12/h6-7,10-11H,3-5,8-9H2,1-2H3,(H,17,19,20). The number of carbonyl (C=O) groups is 1. The number of aromatic nitrogens is 2. The Morgan fingerprint density at radius 1 is 1.27 bits per heavy atom. The number of anilines is 1. The SMILES string of the molecule is CC(C)c1nnc(NC(=O)C2(c3cccs3)CCCCC2)s1. The predicted octanol–water partition coefficient (Wildman–Crippen LogP) is 4.56. The van der Waals surface area contributed by atoms with Gasteiger partial charge in [0, 0.05) is 10.8 Å². The van der Waals surface area contributed by atoms with E-state index in [4.69, 9.17) is 0 Å². The third kappa shape index (κ3) is 2.94. The Hall–Kier alpha value is -1.27. The minimum Gasteiger partial charge on any atom is -0.300 e. The Labute approximate surface area is 139 Å². The average molecular weight is 335 g/mol. The van der Waals surface area contributed by atoms with E-state index < -0.39 is 0 Å². The Balaban J connectivity index is 1.83. The molecule has 0 atom stereocenters. The van der Waals surface area contributed by atoms with Gasteiger partial charge in [0.15, 0.2) is 0 Å². The summed E-state index contributed by atoms with van der Waals surface area (Å²) in [7, 11) is 0. The van der Waals surface area contributed by atoms with E-state index in [2.05, 4.69) is 40.8 Å². The normalized spacial score (nSPS) is 17.6. The molecule has 3 rings (SSSR count). The van der Waals surface area contributed by atoms with Crippen LogP contribution in [-0.4, -0.2) is 16.1 Å². The highest BCUT2D eigenvalue weighted by Gasteiger charge is 2.42. The first-order valence-corrected chi connectivity index (χ1v) is 9.50. The molecule has 4 nitrogen and oxygen atoms in total. The molecular weight excluding hydrogens is 314 g/mol. The van der Waals surface area contributed by atoms with Crippen LogP contribution in [0.3, 0.4) is 0 Å². The number of nitrogens with one attached hydrogen (secondary N) is 1. The second kappa shape index (κ2) is 6.46. The van der Waals surface area contributed by atoms with Gasteiger partial charge in [0.1, 0.15) is 5.01 Å². The van der Waals surface area contributed by atoms with E-state index in [0.29, 0.717) is 11.0 Å². The molecule has 0 unspecified atom stereocenters. The molecule has 0 saturated heterocycles. The fourth-order valence-electron chi connectivity index (χ4n) is 3.03. The summed E-state index contributed by atoms with van der Waals surface area (Å²) >= 11 is 3.16. The van der Waals surface area contributed by atoms with E-state index in [1.54, 1.807) is 11.3 Å². The van der Waals surface area contributed by atoms with Crippen molar-refractivity contribution >= 4 is 33.7 Å². The summed E-state index contributed by atoms with van der Waals surface area (Å²) in [4.78, 5) is 14.2. The second-order valence-corrected chi connectivity index (χ2v) is 8.13. The molecule has 0 aliphatic heterocycles. The van der Waals surface area contributed by atoms with Crippen LogP contribution < -0.4 is 5.32 Å². The van der Waals surface area contributed by atoms with E-state index in [9.17, 15) is 4.79 Å². The number of hydrogen-bond acceptors (Lipinski definition) is 5. The maximum absolute atomic E-state index is 13.0. The lowest BCUT2D eigenvalue weighted by molar-refractivity contribution is -0.122. The number of amides is 1. The highest BCUT2D eigenvalue weighted by atomic mass is 32.1. The highest BCUT2D eigenvalue weighted by Crippen LogP contribution is 2.42. The van der Waals surface area contributed by atoms with Gasteiger partial charge in [0.2, 0.25) is 11.0 Å². The van der Waals surface area contributed by atoms with Crippen molar-refractivity contribution in [3.8, 4) is 0 Å². The van der Waals surface area contributed by atoms with Crippen molar-refractivity contribution < 1.29 is 4.79 Å². The summed E-state index contributed by atoms with van der Waals surface area (Å²) in [5.41, 5.74) is -0.379. The zero-order valence-electron chi connectivity index (χ0n) is 13.0. The van der Waals surface area contributed by atoms with Crippen LogP contribution in [0.1, 0.15) is 61.8 Å². The lowest BCUT2D eigenvalue weighted by Crippen LogP contribution is -2.41. The van der Waals surface area contributed by atoms with Gasteiger partial charge in [0.05, 0.1) is 5.41 Å². The molecule has 0 bridgehead atoms. The first-order chi connectivity index (χ1) is 10.6. The fourth-order valence-corrected chi connectivity index (χ4v) is 4.75. The Morgan fingerprint density at radius 3 is 2.64 bits per heavy atom. The maximum Gasteiger partial charge on any atom is 0.237 e. The van der Waals surface area contributed by atoms with E-state index in [1.165, 1.54) is 22.6 Å². The number of nitrogens with zero attached hydrogens (tertiary/aromatic N) is 2. The van der Waals surface area contributed by atoms with Gasteiger partial charge in [-0.3, -0.25) is 10.1 Å². The molecule has 0 aromatic carbocycles. The third-order valence-electron chi connectivity index (χ3n) is 4.29. The van der Waals surface area contributed by atoms with Crippen molar-refractivity contribution in [2.75, 3.05) is 5.32 Å². The van der Waals surface area contributed by atoms with E-state index in [-0.39, 0.29) is 11.3 Å². The zero-order valence-corrected chi connectivity index (χ0v) is 14.6. The second-order valence-electron chi connectivity index (χ2n) is 6.17. The van der Waals surface area contributed by atoms with E-state index in [0.717, 1.165) is 30.7 Å². The van der Waals surface area contributed by atoms with Gasteiger partial charge in [-0.05, 0) is 24.3 Å². The van der Waals surface area contributed by atoms with Crippen LogP contribution in [0.15, 0.2) is 17.5 Å². The molecule has 2 aromatic heterocycles. The van der Waals surface area contributed by atoms with Gasteiger partial charge < -0.3 is 0 Å². The van der Waals surface area contributed by atoms with Crippen molar-refractivity contribution in [1.82, 2.24) is 10.2 Å². The summed E-state index contributed by atoms with van der Waals surface area (Å²) in [6, 6.07) is 4.13. The van der Waals surface area contributed by atoms with Crippen molar-refractivity contribution in [3.05, 3.63) is 27.4 Å². The van der Waals surface area contributed by atoms with Gasteiger partial charge in [0.25, 0.3) is 0 Å². The summed E-state index contributed by atoms with van der Waals surface area (Å²) in [5.74, 6) is 0.421. The molecule has 0 spiro atoms. The minimum absolute atomic E-state index is 0.0844. The molecule has 6 heteroatoms. The largest absolute Gasteiger partial charge is 0.300 e. The van der Waals surface area contributed by atoms with Crippen LogP contribution in [0.2, 0.25) is 0 Å². The van der Waals surface area contributed by atoms with Gasteiger partial charge >= 0.3 is 0 Å². The molecule has 118 valence electrons. The number of hydrogen-bond donors (Lipinski definition) is 1. The molecule has 1 aliphatic rings. The monoisotopic (exact) mass is 335 g/mol. The van der Waals surface area contributed by atoms with Crippen LogP contribution >= 0.6 is 22.7 Å². The minimum atomic E-state index is -0.379. The quantitative estimate of drug-likeness (QED) is 0.891. The van der Waals surface area contributed by atoms with Crippen LogP contribution in [0.5, 0.6) is 0 Å². The predicted molar refractivity (Wildman–Crippen MR) is 91.7 cm³/mol. The highest BCUT2D eigenvalue weighted by molar-refractivity contribution is 7.15. The van der Waals surface area contributed by atoms with Crippen LogP contribution in [0, 0.1) is 0 Å². The summed E-state index contributed by atoms with van der Waals surface area (Å²) in [6.07, 6.45) is 5.29. The van der Waals surface area contributed by atoms with Gasteiger partial charge in [-0.1, -0.05) is 50.5 Å². The molecule has 2 aromatic rings. The maximum atomic E-state index is 13.0. The molecule has 1 aliphatic carbocycles. The Morgan fingerprint density at radius 2 is 2.05 bits per heavy atom. The molecule has 2 heterocycles. The Bertz CT molecular complexity index is 628. The first kappa shape index (κ1) is 15.6. The van der Waals surface area contributed by atoms with Crippen LogP contribution in [-0.2, 0) is 10.2 Å². The fraction of sp³-hybridized carbons (Fsp3) is 0.562. The van der Waals surface area contributed by atoms with Crippen molar-refractivity contribution in [1.29, 1.82) is 0 Å². The topological polar surface area (TPSA) is 54.9 Å². The molecular formula is C16H21N3OS2. The molecule has 1 saturated carbocycles. The van der Waals surface area contributed by atoms with Crippen LogP contribution in [0.25, 0.3) is 0 Å². The first-order valence-electron chi connectivity index (χ1n) is 7.81. The zero-order chi connectivity index (χ0) is 15.6. The third-order valence-corrected chi connectivity index (χ3v) is 6.50. The van der Waals surface area contributed by atoms with E-state index >= 15 is 0 Å². The number of carbonyl (C=O) groups excluding carboxylic acids is 1. The molecule has 22 heavy (non-hydrogen) atoms. The smallest absolute Gasteiger partial charge is 0.237 e. The van der Waals surface area contributed by atoms with Gasteiger partial charge in [-0.2, -0.15) is 0 Å². The summed E-state index contributed by atoms with van der Waals surface area (Å²) in [6.45, 7) is 4.17. The summed E-state index contributed by atoms with van der Waals surface area (Å²) < 4.78 is 0. The molecule has 1 N–H and O–H groups in total. The lowest BCUT2D eigenvalue weighted by atomic mass is 9.72.